The number of carbonyl (C=O) groups excluding carboxylic acids is 2. The Kier molecular flexibility index (Phi) is 4.94. The van der Waals surface area contributed by atoms with Crippen LogP contribution in [-0.2, 0) is 9.59 Å². The van der Waals surface area contributed by atoms with E-state index in [4.69, 9.17) is 0 Å². The molecule has 0 spiro atoms. The Morgan fingerprint density at radius 1 is 0.885 bits per heavy atom. The van der Waals surface area contributed by atoms with Crippen molar-refractivity contribution < 1.29 is 9.59 Å². The number of hydrogen-bond acceptors (Lipinski definition) is 3. The van der Waals surface area contributed by atoms with Crippen LogP contribution in [0.3, 0.4) is 0 Å². The van der Waals surface area contributed by atoms with Crippen LogP contribution in [-0.4, -0.2) is 23.3 Å². The summed E-state index contributed by atoms with van der Waals surface area (Å²) >= 11 is 0. The number of amides is 2. The van der Waals surface area contributed by atoms with Crippen LogP contribution in [0.4, 0.5) is 5.69 Å². The lowest BCUT2D eigenvalue weighted by Gasteiger charge is -2.13. The zero-order chi connectivity index (χ0) is 18.8. The van der Waals surface area contributed by atoms with Gasteiger partial charge in [0, 0.05) is 12.2 Å². The first kappa shape index (κ1) is 17.9. The number of benzene rings is 2. The second kappa shape index (κ2) is 7.16. The number of rotatable bonds is 5. The lowest BCUT2D eigenvalue weighted by molar-refractivity contribution is -0.136. The van der Waals surface area contributed by atoms with Crippen LogP contribution < -0.4 is 5.32 Å². The van der Waals surface area contributed by atoms with Crippen molar-refractivity contribution in [3.05, 3.63) is 70.4 Å². The third-order valence-electron chi connectivity index (χ3n) is 4.73. The van der Waals surface area contributed by atoms with Gasteiger partial charge >= 0.3 is 0 Å². The van der Waals surface area contributed by atoms with Gasteiger partial charge in [-0.25, -0.2) is 0 Å². The topological polar surface area (TPSA) is 49.4 Å². The van der Waals surface area contributed by atoms with Crippen molar-refractivity contribution in [3.63, 3.8) is 0 Å². The normalized spacial score (nSPS) is 14.4. The third-order valence-corrected chi connectivity index (χ3v) is 4.73. The van der Waals surface area contributed by atoms with Crippen molar-refractivity contribution in [3.8, 4) is 0 Å². The molecule has 1 aliphatic heterocycles. The van der Waals surface area contributed by atoms with Crippen molar-refractivity contribution in [2.45, 2.75) is 34.1 Å². The van der Waals surface area contributed by atoms with Gasteiger partial charge in [0.15, 0.2) is 0 Å². The fourth-order valence-electron chi connectivity index (χ4n) is 3.06. The molecule has 2 amide bonds. The summed E-state index contributed by atoms with van der Waals surface area (Å²) in [5.41, 5.74) is 5.78. The van der Waals surface area contributed by atoms with Gasteiger partial charge < -0.3 is 5.32 Å². The maximum Gasteiger partial charge on any atom is 0.278 e. The molecule has 2 aromatic carbocycles. The van der Waals surface area contributed by atoms with E-state index in [-0.39, 0.29) is 11.8 Å². The van der Waals surface area contributed by atoms with Gasteiger partial charge in [0.2, 0.25) is 0 Å². The van der Waals surface area contributed by atoms with Gasteiger partial charge in [-0.05, 0) is 56.0 Å². The average Bonchev–Trinajstić information content (AvgIpc) is 2.84. The van der Waals surface area contributed by atoms with E-state index in [2.05, 4.69) is 5.32 Å². The van der Waals surface area contributed by atoms with Crippen molar-refractivity contribution in [1.29, 1.82) is 0 Å². The number of carbonyl (C=O) groups is 2. The largest absolute Gasteiger partial charge is 0.350 e. The summed E-state index contributed by atoms with van der Waals surface area (Å²) in [5, 5.41) is 3.19. The van der Waals surface area contributed by atoms with E-state index in [1.54, 1.807) is 0 Å². The summed E-state index contributed by atoms with van der Waals surface area (Å²) in [7, 11) is 0. The van der Waals surface area contributed by atoms with Gasteiger partial charge in [-0.2, -0.15) is 0 Å². The van der Waals surface area contributed by atoms with Gasteiger partial charge in [0.1, 0.15) is 5.70 Å². The van der Waals surface area contributed by atoms with E-state index >= 15 is 0 Å². The third kappa shape index (κ3) is 3.27. The number of aryl methyl sites for hydroxylation is 3. The summed E-state index contributed by atoms with van der Waals surface area (Å²) < 4.78 is 0. The van der Waals surface area contributed by atoms with Crippen LogP contribution in [0.15, 0.2) is 48.2 Å². The molecule has 0 unspecified atom stereocenters. The number of imide groups is 1. The Labute approximate surface area is 154 Å². The standard InChI is InChI=1S/C22H24N2O2/c1-5-12-24-21(25)19(17-9-8-15(3)16(4)13-17)20(22(24)26)23-18-10-6-14(2)7-11-18/h6-11,13,23H,5,12H2,1-4H3. The van der Waals surface area contributed by atoms with Gasteiger partial charge in [-0.3, -0.25) is 14.5 Å². The summed E-state index contributed by atoms with van der Waals surface area (Å²) in [6.07, 6.45) is 0.732. The highest BCUT2D eigenvalue weighted by Gasteiger charge is 2.38. The number of nitrogens with zero attached hydrogens (tertiary/aromatic N) is 1. The Morgan fingerprint density at radius 2 is 1.58 bits per heavy atom. The minimum atomic E-state index is -0.259. The maximum atomic E-state index is 13.0. The summed E-state index contributed by atoms with van der Waals surface area (Å²) in [6.45, 7) is 8.44. The molecule has 2 aromatic rings. The molecule has 0 radical (unpaired) electrons. The molecular formula is C22H24N2O2. The highest BCUT2D eigenvalue weighted by Crippen LogP contribution is 2.31. The Hall–Kier alpha value is -2.88. The molecule has 0 fully saturated rings. The van der Waals surface area contributed by atoms with Gasteiger partial charge in [0.05, 0.1) is 5.57 Å². The van der Waals surface area contributed by atoms with E-state index in [1.807, 2.05) is 70.2 Å². The summed E-state index contributed by atoms with van der Waals surface area (Å²) in [6, 6.07) is 13.7. The van der Waals surface area contributed by atoms with E-state index in [0.29, 0.717) is 17.8 Å². The van der Waals surface area contributed by atoms with Crippen molar-refractivity contribution in [1.82, 2.24) is 4.90 Å². The second-order valence-corrected chi connectivity index (χ2v) is 6.80. The molecular weight excluding hydrogens is 324 g/mol. The first-order valence-corrected chi connectivity index (χ1v) is 8.94. The van der Waals surface area contributed by atoms with Gasteiger partial charge in [-0.1, -0.05) is 42.8 Å². The van der Waals surface area contributed by atoms with E-state index < -0.39 is 0 Å². The lowest BCUT2D eigenvalue weighted by Crippen LogP contribution is -2.33. The molecule has 3 rings (SSSR count). The first-order chi connectivity index (χ1) is 12.4. The molecule has 1 aliphatic rings. The molecule has 26 heavy (non-hydrogen) atoms. The average molecular weight is 348 g/mol. The Balaban J connectivity index is 2.08. The number of anilines is 1. The lowest BCUT2D eigenvalue weighted by atomic mass is 9.99. The first-order valence-electron chi connectivity index (χ1n) is 8.94. The maximum absolute atomic E-state index is 13.0. The zero-order valence-corrected chi connectivity index (χ0v) is 15.7. The molecule has 0 saturated carbocycles. The molecule has 0 aromatic heterocycles. The number of nitrogens with one attached hydrogen (secondary N) is 1. The predicted octanol–water partition coefficient (Wildman–Crippen LogP) is 4.21. The van der Waals surface area contributed by atoms with Crippen LogP contribution in [0.5, 0.6) is 0 Å². The molecule has 0 bridgehead atoms. The molecule has 134 valence electrons. The predicted molar refractivity (Wildman–Crippen MR) is 105 cm³/mol. The van der Waals surface area contributed by atoms with E-state index in [1.165, 1.54) is 4.90 Å². The van der Waals surface area contributed by atoms with Crippen LogP contribution in [0.25, 0.3) is 5.57 Å². The fraction of sp³-hybridized carbons (Fsp3) is 0.273. The zero-order valence-electron chi connectivity index (χ0n) is 15.7. The Morgan fingerprint density at radius 3 is 2.19 bits per heavy atom. The minimum absolute atomic E-state index is 0.227. The number of hydrogen-bond donors (Lipinski definition) is 1. The molecule has 4 nitrogen and oxygen atoms in total. The summed E-state index contributed by atoms with van der Waals surface area (Å²) in [4.78, 5) is 27.2. The quantitative estimate of drug-likeness (QED) is 0.823. The monoisotopic (exact) mass is 348 g/mol. The SMILES string of the molecule is CCCN1C(=O)C(Nc2ccc(C)cc2)=C(c2ccc(C)c(C)c2)C1=O. The van der Waals surface area contributed by atoms with E-state index in [9.17, 15) is 9.59 Å². The molecule has 0 atom stereocenters. The van der Waals surface area contributed by atoms with Crippen molar-refractivity contribution >= 4 is 23.1 Å². The second-order valence-electron chi connectivity index (χ2n) is 6.80. The van der Waals surface area contributed by atoms with Crippen LogP contribution in [0.2, 0.25) is 0 Å². The van der Waals surface area contributed by atoms with Crippen LogP contribution in [0.1, 0.15) is 35.6 Å². The van der Waals surface area contributed by atoms with Crippen molar-refractivity contribution in [2.24, 2.45) is 0 Å². The highest BCUT2D eigenvalue weighted by molar-refractivity contribution is 6.36. The highest BCUT2D eigenvalue weighted by atomic mass is 16.2. The molecule has 0 aliphatic carbocycles. The fourth-order valence-corrected chi connectivity index (χ4v) is 3.06. The van der Waals surface area contributed by atoms with Crippen LogP contribution in [0, 0.1) is 20.8 Å². The molecule has 1 N–H and O–H groups in total. The van der Waals surface area contributed by atoms with Crippen LogP contribution >= 0.6 is 0 Å². The molecule has 1 heterocycles. The molecule has 0 saturated heterocycles. The van der Waals surface area contributed by atoms with Crippen molar-refractivity contribution in [2.75, 3.05) is 11.9 Å². The molecule has 4 heteroatoms. The van der Waals surface area contributed by atoms with E-state index in [0.717, 1.165) is 34.4 Å². The smallest absolute Gasteiger partial charge is 0.278 e. The minimum Gasteiger partial charge on any atom is -0.350 e. The Bertz CT molecular complexity index is 895. The summed E-state index contributed by atoms with van der Waals surface area (Å²) in [5.74, 6) is -0.486. The van der Waals surface area contributed by atoms with Gasteiger partial charge in [0.25, 0.3) is 11.8 Å². The van der Waals surface area contributed by atoms with Gasteiger partial charge in [-0.15, -0.1) is 0 Å².